The maximum absolute atomic E-state index is 11.2. The number of carbonyl (C=O) groups excluding carboxylic acids is 1. The Hall–Kier alpha value is -2.24. The fraction of sp³-hybridized carbons (Fsp3) is 0.409. The largest absolute Gasteiger partial charge is 0.673 e. The summed E-state index contributed by atoms with van der Waals surface area (Å²) in [5, 5.41) is 33.0. The van der Waals surface area contributed by atoms with Crippen LogP contribution in [0.4, 0.5) is 34.5 Å². The smallest absolute Gasteiger partial charge is 0.512 e. The molecule has 6 N–H and O–H groups in total. The third-order valence-electron chi connectivity index (χ3n) is 3.57. The molecule has 0 amide bonds. The molecule has 1 saturated carbocycles. The van der Waals surface area contributed by atoms with E-state index in [0.29, 0.717) is 5.56 Å². The summed E-state index contributed by atoms with van der Waals surface area (Å²) in [6.45, 7) is 4.26. The Labute approximate surface area is 262 Å². The molecule has 0 saturated heterocycles. The van der Waals surface area contributed by atoms with Gasteiger partial charge in [-0.25, -0.2) is 0 Å². The summed E-state index contributed by atoms with van der Waals surface area (Å²) in [4.78, 5) is 11.2. The van der Waals surface area contributed by atoms with Crippen LogP contribution in [-0.2, 0) is 45.6 Å². The number of nitrogens with zero attached hydrogens (tertiary/aromatic N) is 2. The van der Waals surface area contributed by atoms with E-state index >= 15 is 0 Å². The van der Waals surface area contributed by atoms with E-state index in [9.17, 15) is 44.4 Å². The van der Waals surface area contributed by atoms with Gasteiger partial charge >= 0.3 is 14.5 Å². The van der Waals surface area contributed by atoms with Gasteiger partial charge in [0.05, 0.1) is 17.9 Å². The van der Waals surface area contributed by atoms with Gasteiger partial charge in [0.25, 0.3) is 0 Å². The van der Waals surface area contributed by atoms with Crippen LogP contribution in [0.5, 0.6) is 0 Å². The van der Waals surface area contributed by atoms with E-state index in [4.69, 9.17) is 27.1 Å². The van der Waals surface area contributed by atoms with Gasteiger partial charge in [0, 0.05) is 84.5 Å². The van der Waals surface area contributed by atoms with Crippen LogP contribution in [-0.4, -0.2) is 42.6 Å². The van der Waals surface area contributed by atoms with Crippen LogP contribution in [0.15, 0.2) is 48.2 Å². The molecule has 2 unspecified atom stereocenters. The zero-order valence-corrected chi connectivity index (χ0v) is 25.3. The van der Waals surface area contributed by atoms with Gasteiger partial charge in [-0.15, -0.1) is 0 Å². The van der Waals surface area contributed by atoms with Crippen molar-refractivity contribution >= 4 is 26.1 Å². The Bertz CT molecular complexity index is 879. The van der Waals surface area contributed by atoms with Crippen LogP contribution >= 0.6 is 0 Å². The van der Waals surface area contributed by atoms with E-state index in [-0.39, 0.29) is 64.4 Å². The van der Waals surface area contributed by atoms with E-state index in [1.165, 1.54) is 33.6 Å². The fourth-order valence-electron chi connectivity index (χ4n) is 2.26. The molecule has 41 heavy (non-hydrogen) atoms. The molecule has 19 heteroatoms. The normalized spacial score (nSPS) is 15.7. The summed E-state index contributed by atoms with van der Waals surface area (Å²) in [7, 11) is -12.0. The maximum Gasteiger partial charge on any atom is 0.673 e. The van der Waals surface area contributed by atoms with Crippen molar-refractivity contribution in [1.29, 1.82) is 10.5 Å². The standard InChI is InChI=1S/C12H12O3.C6H14N2.2C2H3N.2BF4.2Pd/c1-9(13)7-11(14)8-12(15)10-5-3-2-4-6-10;7-5-3-1-2-4-6(5)8;2*1-2-3;2*2-1(3,4)5;;/h2-8,13,15H,1H3;5-6H,1-4,7-8H2;2*1H3;;;;/q;;;;2*-1;;/b9-7-,12-8-;;;;;;;. The van der Waals surface area contributed by atoms with Crippen LogP contribution in [0.3, 0.4) is 0 Å². The summed E-state index contributed by atoms with van der Waals surface area (Å²) in [5.41, 5.74) is 11.9. The van der Waals surface area contributed by atoms with Crippen LogP contribution in [0.25, 0.3) is 5.76 Å². The Kier molecular flexibility index (Phi) is 38.6. The minimum absolute atomic E-state index is 0. The van der Waals surface area contributed by atoms with Gasteiger partial charge in [0.15, 0.2) is 5.78 Å². The molecule has 0 radical (unpaired) electrons. The molecule has 0 aromatic heterocycles. The number of ketones is 1. The maximum atomic E-state index is 11.2. The van der Waals surface area contributed by atoms with E-state index in [1.807, 2.05) is 6.07 Å². The number of nitriles is 2. The zero-order chi connectivity index (χ0) is 31.7. The SMILES string of the molecule is C/C(O)=C/C(=O)/C=C(\O)c1ccccc1.CC#N.CC#N.F[B-](F)(F)F.F[B-](F)(F)F.NC1CCCCC1N.[Pd].[Pd]. The Morgan fingerprint density at radius 2 is 1.12 bits per heavy atom. The van der Waals surface area contributed by atoms with Crippen LogP contribution in [0.2, 0.25) is 0 Å². The molecule has 0 aliphatic heterocycles. The quantitative estimate of drug-likeness (QED) is 0.118. The average molecular weight is 787 g/mol. The number of halogens is 8. The number of hydrogen-bond donors (Lipinski definition) is 4. The minimum Gasteiger partial charge on any atom is -0.512 e. The van der Waals surface area contributed by atoms with Gasteiger partial charge < -0.3 is 56.2 Å². The van der Waals surface area contributed by atoms with Crippen molar-refractivity contribution in [2.24, 2.45) is 11.5 Å². The Morgan fingerprint density at radius 1 is 0.829 bits per heavy atom. The average Bonchev–Trinajstić information content (AvgIpc) is 2.75. The van der Waals surface area contributed by atoms with Gasteiger partial charge in [-0.05, 0) is 19.8 Å². The molecule has 1 aromatic rings. The topological polar surface area (TPSA) is 157 Å². The Morgan fingerprint density at radius 3 is 1.37 bits per heavy atom. The van der Waals surface area contributed by atoms with Gasteiger partial charge in [-0.3, -0.25) is 4.79 Å². The first-order valence-corrected chi connectivity index (χ1v) is 11.0. The van der Waals surface area contributed by atoms with E-state index in [0.717, 1.165) is 25.0 Å². The van der Waals surface area contributed by atoms with Crippen molar-refractivity contribution in [1.82, 2.24) is 0 Å². The number of aliphatic hydroxyl groups excluding tert-OH is 2. The van der Waals surface area contributed by atoms with Crippen molar-refractivity contribution < 1.29 is 90.4 Å². The first-order chi connectivity index (χ1) is 17.7. The molecule has 1 fully saturated rings. The molecule has 242 valence electrons. The molecule has 2 rings (SSSR count). The molecular formula is C22H32B2F8N4O3Pd2-2. The van der Waals surface area contributed by atoms with Gasteiger partial charge in [-0.1, -0.05) is 43.2 Å². The monoisotopic (exact) mass is 786 g/mol. The Balaban J connectivity index is -0.000000100. The minimum atomic E-state index is -6.00. The van der Waals surface area contributed by atoms with Crippen molar-refractivity contribution in [3.05, 3.63) is 53.8 Å². The molecule has 1 aliphatic rings. The van der Waals surface area contributed by atoms with Crippen molar-refractivity contribution in [3.63, 3.8) is 0 Å². The molecule has 0 heterocycles. The number of aliphatic hydroxyl groups is 2. The van der Waals surface area contributed by atoms with Crippen LogP contribution in [0, 0.1) is 22.7 Å². The fourth-order valence-corrected chi connectivity index (χ4v) is 2.26. The molecule has 0 bridgehead atoms. The first-order valence-electron chi connectivity index (χ1n) is 11.0. The molecular weight excluding hydrogens is 755 g/mol. The van der Waals surface area contributed by atoms with Crippen molar-refractivity contribution in [2.45, 2.75) is 58.5 Å². The van der Waals surface area contributed by atoms with Gasteiger partial charge in [-0.2, -0.15) is 10.5 Å². The second-order valence-electron chi connectivity index (χ2n) is 7.13. The molecule has 1 aromatic carbocycles. The summed E-state index contributed by atoms with van der Waals surface area (Å²) in [5.74, 6) is -0.647. The second-order valence-corrected chi connectivity index (χ2v) is 7.13. The number of nitrogens with two attached hydrogens (primary N) is 2. The van der Waals surface area contributed by atoms with E-state index < -0.39 is 20.3 Å². The second kappa shape index (κ2) is 30.7. The van der Waals surface area contributed by atoms with Crippen molar-refractivity contribution in [3.8, 4) is 12.1 Å². The third-order valence-corrected chi connectivity index (χ3v) is 3.57. The van der Waals surface area contributed by atoms with Crippen LogP contribution < -0.4 is 11.5 Å². The van der Waals surface area contributed by atoms with Gasteiger partial charge in [0.2, 0.25) is 0 Å². The van der Waals surface area contributed by atoms with E-state index in [2.05, 4.69) is 0 Å². The number of benzene rings is 1. The molecule has 0 spiro atoms. The number of hydrogen-bond acceptors (Lipinski definition) is 7. The van der Waals surface area contributed by atoms with Crippen molar-refractivity contribution in [2.75, 3.05) is 0 Å². The predicted molar refractivity (Wildman–Crippen MR) is 136 cm³/mol. The predicted octanol–water partition coefficient (Wildman–Crippen LogP) is 6.49. The first kappa shape index (κ1) is 51.5. The summed E-state index contributed by atoms with van der Waals surface area (Å²) in [6, 6.07) is 12.8. The number of carbonyl (C=O) groups is 1. The van der Waals surface area contributed by atoms with E-state index in [1.54, 1.807) is 36.4 Å². The zero-order valence-electron chi connectivity index (χ0n) is 22.2. The molecule has 2 atom stereocenters. The van der Waals surface area contributed by atoms with Gasteiger partial charge in [0.1, 0.15) is 5.76 Å². The molecule has 7 nitrogen and oxygen atoms in total. The summed E-state index contributed by atoms with van der Waals surface area (Å²) < 4.78 is 78.0. The summed E-state index contributed by atoms with van der Waals surface area (Å²) >= 11 is 0. The number of allylic oxidation sites excluding steroid dienone is 3. The third kappa shape index (κ3) is 58.4. The molecule has 1 aliphatic carbocycles. The summed E-state index contributed by atoms with van der Waals surface area (Å²) in [6.07, 6.45) is 6.90. The number of rotatable bonds is 3. The van der Waals surface area contributed by atoms with Crippen LogP contribution in [0.1, 0.15) is 52.0 Å².